The van der Waals surface area contributed by atoms with Crippen LogP contribution in [0.1, 0.15) is 23.6 Å². The first-order chi connectivity index (χ1) is 5.97. The Bertz CT molecular complexity index is 303. The van der Waals surface area contributed by atoms with Crippen LogP contribution in [0.25, 0.3) is 0 Å². The molecule has 1 rings (SSSR count). The molecule has 1 atom stereocenters. The molecule has 0 saturated carbocycles. The minimum Gasteiger partial charge on any atom is -0.328 e. The second-order valence-electron chi connectivity index (χ2n) is 3.92. The van der Waals surface area contributed by atoms with E-state index in [0.717, 1.165) is 5.56 Å². The van der Waals surface area contributed by atoms with Crippen molar-refractivity contribution in [3.05, 3.63) is 34.9 Å². The Morgan fingerprint density at radius 2 is 1.85 bits per heavy atom. The van der Waals surface area contributed by atoms with E-state index in [0.29, 0.717) is 6.54 Å². The van der Waals surface area contributed by atoms with Gasteiger partial charge < -0.3 is 11.5 Å². The lowest BCUT2D eigenvalue weighted by atomic mass is 9.91. The summed E-state index contributed by atoms with van der Waals surface area (Å²) >= 11 is 0. The lowest BCUT2D eigenvalue weighted by Gasteiger charge is -2.23. The predicted octanol–water partition coefficient (Wildman–Crippen LogP) is 1.44. The van der Waals surface area contributed by atoms with Crippen molar-refractivity contribution >= 4 is 0 Å². The van der Waals surface area contributed by atoms with Gasteiger partial charge in [-0.25, -0.2) is 0 Å². The molecule has 1 unspecified atom stereocenters. The van der Waals surface area contributed by atoms with E-state index >= 15 is 0 Å². The van der Waals surface area contributed by atoms with Crippen molar-refractivity contribution in [3.8, 4) is 0 Å². The zero-order chi connectivity index (χ0) is 10.1. The van der Waals surface area contributed by atoms with Crippen LogP contribution in [0.15, 0.2) is 18.2 Å². The number of hydrogen-bond donors (Lipinski definition) is 2. The third-order valence-corrected chi connectivity index (χ3v) is 2.59. The van der Waals surface area contributed by atoms with Gasteiger partial charge in [-0.2, -0.15) is 0 Å². The molecule has 0 heterocycles. The van der Waals surface area contributed by atoms with Gasteiger partial charge in [-0.05, 0) is 37.5 Å². The highest BCUT2D eigenvalue weighted by Gasteiger charge is 2.18. The molecule has 72 valence electrons. The summed E-state index contributed by atoms with van der Waals surface area (Å²) < 4.78 is 0. The smallest absolute Gasteiger partial charge is 0.0505 e. The molecule has 0 fully saturated rings. The Morgan fingerprint density at radius 3 is 2.31 bits per heavy atom. The number of hydrogen-bond acceptors (Lipinski definition) is 2. The lowest BCUT2D eigenvalue weighted by Crippen LogP contribution is -2.40. The van der Waals surface area contributed by atoms with Gasteiger partial charge in [0.2, 0.25) is 0 Å². The van der Waals surface area contributed by atoms with Crippen LogP contribution in [0.4, 0.5) is 0 Å². The van der Waals surface area contributed by atoms with E-state index in [1.165, 1.54) is 11.1 Å². The molecule has 0 radical (unpaired) electrons. The van der Waals surface area contributed by atoms with E-state index in [1.54, 1.807) is 0 Å². The summed E-state index contributed by atoms with van der Waals surface area (Å²) in [5, 5.41) is 0. The van der Waals surface area contributed by atoms with Gasteiger partial charge in [-0.1, -0.05) is 18.2 Å². The maximum absolute atomic E-state index is 6.03. The average molecular weight is 178 g/mol. The molecule has 0 aliphatic carbocycles. The second kappa shape index (κ2) is 3.48. The van der Waals surface area contributed by atoms with Gasteiger partial charge in [-0.15, -0.1) is 0 Å². The van der Waals surface area contributed by atoms with Crippen LogP contribution in [0, 0.1) is 13.8 Å². The molecule has 13 heavy (non-hydrogen) atoms. The van der Waals surface area contributed by atoms with Crippen LogP contribution >= 0.6 is 0 Å². The van der Waals surface area contributed by atoms with Crippen LogP contribution in [0.5, 0.6) is 0 Å². The summed E-state index contributed by atoms with van der Waals surface area (Å²) in [4.78, 5) is 0. The molecule has 0 spiro atoms. The zero-order valence-corrected chi connectivity index (χ0v) is 8.59. The molecule has 0 bridgehead atoms. The minimum atomic E-state index is -0.404. The Morgan fingerprint density at radius 1 is 1.23 bits per heavy atom. The molecule has 0 aromatic heterocycles. The highest BCUT2D eigenvalue weighted by molar-refractivity contribution is 5.33. The van der Waals surface area contributed by atoms with Crippen LogP contribution in [-0.4, -0.2) is 6.54 Å². The molecule has 4 N–H and O–H groups in total. The van der Waals surface area contributed by atoms with Crippen molar-refractivity contribution in [3.63, 3.8) is 0 Å². The first kappa shape index (κ1) is 10.2. The van der Waals surface area contributed by atoms with Crippen LogP contribution in [0.3, 0.4) is 0 Å². The minimum absolute atomic E-state index is 0.404. The topological polar surface area (TPSA) is 52.0 Å². The van der Waals surface area contributed by atoms with Gasteiger partial charge >= 0.3 is 0 Å². The Kier molecular flexibility index (Phi) is 2.74. The summed E-state index contributed by atoms with van der Waals surface area (Å²) in [7, 11) is 0. The van der Waals surface area contributed by atoms with E-state index in [9.17, 15) is 0 Å². The van der Waals surface area contributed by atoms with E-state index in [4.69, 9.17) is 11.5 Å². The number of nitrogens with two attached hydrogens (primary N) is 2. The van der Waals surface area contributed by atoms with Gasteiger partial charge in [0.1, 0.15) is 0 Å². The molecular weight excluding hydrogens is 160 g/mol. The quantitative estimate of drug-likeness (QED) is 0.720. The van der Waals surface area contributed by atoms with Gasteiger partial charge in [0.05, 0.1) is 5.54 Å². The van der Waals surface area contributed by atoms with Gasteiger partial charge in [-0.3, -0.25) is 0 Å². The van der Waals surface area contributed by atoms with Gasteiger partial charge in [0.25, 0.3) is 0 Å². The number of aryl methyl sites for hydroxylation is 2. The molecule has 0 saturated heterocycles. The normalized spacial score (nSPS) is 15.5. The van der Waals surface area contributed by atoms with Crippen molar-refractivity contribution in [2.75, 3.05) is 6.54 Å². The first-order valence-corrected chi connectivity index (χ1v) is 4.54. The SMILES string of the molecule is Cc1ccc(C(C)(N)CN)cc1C. The Balaban J connectivity index is 3.10. The Hall–Kier alpha value is -0.860. The third-order valence-electron chi connectivity index (χ3n) is 2.59. The summed E-state index contributed by atoms with van der Waals surface area (Å²) in [6.07, 6.45) is 0. The molecule has 0 aliphatic heterocycles. The summed E-state index contributed by atoms with van der Waals surface area (Å²) in [6, 6.07) is 6.25. The van der Waals surface area contributed by atoms with E-state index in [1.807, 2.05) is 6.92 Å². The van der Waals surface area contributed by atoms with Crippen LogP contribution in [-0.2, 0) is 5.54 Å². The molecule has 1 aromatic rings. The highest BCUT2D eigenvalue weighted by atomic mass is 14.8. The molecule has 0 aliphatic rings. The predicted molar refractivity (Wildman–Crippen MR) is 56.5 cm³/mol. The highest BCUT2D eigenvalue weighted by Crippen LogP contribution is 2.19. The van der Waals surface area contributed by atoms with E-state index in [-0.39, 0.29) is 0 Å². The van der Waals surface area contributed by atoms with Crippen LogP contribution < -0.4 is 11.5 Å². The number of benzene rings is 1. The van der Waals surface area contributed by atoms with Gasteiger partial charge in [0.15, 0.2) is 0 Å². The fourth-order valence-electron chi connectivity index (χ4n) is 1.21. The standard InChI is InChI=1S/C11H18N2/c1-8-4-5-10(6-9(8)2)11(3,13)7-12/h4-6H,7,12-13H2,1-3H3. The molecule has 2 nitrogen and oxygen atoms in total. The monoisotopic (exact) mass is 178 g/mol. The van der Waals surface area contributed by atoms with Crippen molar-refractivity contribution in [1.29, 1.82) is 0 Å². The number of rotatable bonds is 2. The molecule has 1 aromatic carbocycles. The molecule has 0 amide bonds. The maximum atomic E-state index is 6.03. The summed E-state index contributed by atoms with van der Waals surface area (Å²) in [5.74, 6) is 0. The fourth-order valence-corrected chi connectivity index (χ4v) is 1.21. The van der Waals surface area contributed by atoms with Crippen LogP contribution in [0.2, 0.25) is 0 Å². The second-order valence-corrected chi connectivity index (χ2v) is 3.92. The molecular formula is C11H18N2. The largest absolute Gasteiger partial charge is 0.328 e. The van der Waals surface area contributed by atoms with Crippen molar-refractivity contribution in [2.45, 2.75) is 26.3 Å². The van der Waals surface area contributed by atoms with Crippen molar-refractivity contribution in [2.24, 2.45) is 11.5 Å². The van der Waals surface area contributed by atoms with Crippen molar-refractivity contribution < 1.29 is 0 Å². The van der Waals surface area contributed by atoms with Crippen molar-refractivity contribution in [1.82, 2.24) is 0 Å². The van der Waals surface area contributed by atoms with Gasteiger partial charge in [0, 0.05) is 6.54 Å². The van der Waals surface area contributed by atoms with E-state index in [2.05, 4.69) is 32.0 Å². The summed E-state index contributed by atoms with van der Waals surface area (Å²) in [5.41, 5.74) is 14.9. The fraction of sp³-hybridized carbons (Fsp3) is 0.455. The van der Waals surface area contributed by atoms with E-state index < -0.39 is 5.54 Å². The average Bonchev–Trinajstić information content (AvgIpc) is 2.09. The summed E-state index contributed by atoms with van der Waals surface area (Å²) in [6.45, 7) is 6.60. The Labute approximate surface area is 79.9 Å². The zero-order valence-electron chi connectivity index (χ0n) is 8.59. The lowest BCUT2D eigenvalue weighted by molar-refractivity contribution is 0.507. The first-order valence-electron chi connectivity index (χ1n) is 4.54. The maximum Gasteiger partial charge on any atom is 0.0505 e. The molecule has 2 heteroatoms. The third kappa shape index (κ3) is 2.08.